The Bertz CT molecular complexity index is 902. The summed E-state index contributed by atoms with van der Waals surface area (Å²) in [5, 5.41) is 6.77. The molecule has 1 fully saturated rings. The van der Waals surface area contributed by atoms with Crippen LogP contribution in [0.25, 0.3) is 0 Å². The van der Waals surface area contributed by atoms with E-state index in [1.54, 1.807) is 0 Å². The Balaban J connectivity index is 1.32. The fraction of sp³-hybridized carbons (Fsp3) is 0.333. The molecular formula is C24H29N5. The normalized spacial score (nSPS) is 13.5. The number of hydrogen-bond acceptors (Lipinski definition) is 5. The van der Waals surface area contributed by atoms with Crippen LogP contribution in [-0.4, -0.2) is 29.6 Å². The van der Waals surface area contributed by atoms with Crippen LogP contribution in [-0.2, 0) is 6.42 Å². The lowest BCUT2D eigenvalue weighted by molar-refractivity contribution is 0.857. The van der Waals surface area contributed by atoms with Crippen molar-refractivity contribution in [2.45, 2.75) is 32.6 Å². The molecule has 0 radical (unpaired) electrons. The second-order valence-electron chi connectivity index (χ2n) is 7.60. The predicted octanol–water partition coefficient (Wildman–Crippen LogP) is 5.17. The van der Waals surface area contributed by atoms with E-state index in [0.717, 1.165) is 49.7 Å². The minimum absolute atomic E-state index is 0.629. The number of anilines is 4. The van der Waals surface area contributed by atoms with Crippen molar-refractivity contribution in [3.63, 3.8) is 0 Å². The average molecular weight is 388 g/mol. The Hall–Kier alpha value is -3.08. The zero-order valence-electron chi connectivity index (χ0n) is 17.1. The van der Waals surface area contributed by atoms with Crippen LogP contribution in [0.15, 0.2) is 60.7 Å². The molecule has 0 amide bonds. The fourth-order valence-corrected chi connectivity index (χ4v) is 3.73. The summed E-state index contributed by atoms with van der Waals surface area (Å²) in [6.45, 7) is 5.20. The fourth-order valence-electron chi connectivity index (χ4n) is 3.73. The minimum atomic E-state index is 0.629. The van der Waals surface area contributed by atoms with E-state index in [-0.39, 0.29) is 0 Å². The number of aryl methyl sites for hydroxylation is 2. The predicted molar refractivity (Wildman–Crippen MR) is 121 cm³/mol. The molecule has 5 heteroatoms. The van der Waals surface area contributed by atoms with Crippen LogP contribution in [0.2, 0.25) is 0 Å². The molecule has 0 spiro atoms. The molecule has 2 aromatic carbocycles. The number of aromatic nitrogens is 2. The third kappa shape index (κ3) is 5.47. The molecule has 0 saturated carbocycles. The summed E-state index contributed by atoms with van der Waals surface area (Å²) in [7, 11) is 0. The Labute approximate surface area is 173 Å². The SMILES string of the molecule is Cc1cc(NCCCc2ccccc2)nc(Nc2ccc(N3CCCC3)cc2)n1. The molecule has 0 unspecified atom stereocenters. The summed E-state index contributed by atoms with van der Waals surface area (Å²) in [4.78, 5) is 11.6. The summed E-state index contributed by atoms with van der Waals surface area (Å²) in [5.41, 5.74) is 4.61. The maximum Gasteiger partial charge on any atom is 0.229 e. The van der Waals surface area contributed by atoms with Gasteiger partial charge in [0.25, 0.3) is 0 Å². The number of nitrogens with one attached hydrogen (secondary N) is 2. The van der Waals surface area contributed by atoms with Crippen molar-refractivity contribution < 1.29 is 0 Å². The highest BCUT2D eigenvalue weighted by Crippen LogP contribution is 2.23. The van der Waals surface area contributed by atoms with Gasteiger partial charge in [-0.3, -0.25) is 0 Å². The van der Waals surface area contributed by atoms with Gasteiger partial charge in [-0.1, -0.05) is 30.3 Å². The van der Waals surface area contributed by atoms with Crippen LogP contribution in [0.5, 0.6) is 0 Å². The second-order valence-corrected chi connectivity index (χ2v) is 7.60. The molecule has 1 aliphatic heterocycles. The molecular weight excluding hydrogens is 358 g/mol. The minimum Gasteiger partial charge on any atom is -0.372 e. The Morgan fingerprint density at radius 3 is 2.45 bits per heavy atom. The Morgan fingerprint density at radius 1 is 0.931 bits per heavy atom. The van der Waals surface area contributed by atoms with E-state index in [1.807, 2.05) is 13.0 Å². The molecule has 0 bridgehead atoms. The van der Waals surface area contributed by atoms with Gasteiger partial charge >= 0.3 is 0 Å². The third-order valence-corrected chi connectivity index (χ3v) is 5.24. The lowest BCUT2D eigenvalue weighted by Gasteiger charge is -2.18. The molecule has 1 aliphatic rings. The summed E-state index contributed by atoms with van der Waals surface area (Å²) in [6.07, 6.45) is 4.71. The highest BCUT2D eigenvalue weighted by Gasteiger charge is 2.12. The zero-order chi connectivity index (χ0) is 19.9. The van der Waals surface area contributed by atoms with E-state index in [1.165, 1.54) is 24.1 Å². The van der Waals surface area contributed by atoms with Crippen LogP contribution in [0.4, 0.5) is 23.1 Å². The van der Waals surface area contributed by atoms with E-state index >= 15 is 0 Å². The van der Waals surface area contributed by atoms with Gasteiger partial charge in [0.2, 0.25) is 5.95 Å². The third-order valence-electron chi connectivity index (χ3n) is 5.24. The van der Waals surface area contributed by atoms with Crippen molar-refractivity contribution in [1.29, 1.82) is 0 Å². The summed E-state index contributed by atoms with van der Waals surface area (Å²) < 4.78 is 0. The standard InChI is InChI=1S/C24H29N5/c1-19-18-23(25-15-7-10-20-8-3-2-4-9-20)28-24(26-19)27-21-11-13-22(14-12-21)29-16-5-6-17-29/h2-4,8-9,11-14,18H,5-7,10,15-17H2,1H3,(H2,25,26,27,28). The van der Waals surface area contributed by atoms with E-state index in [2.05, 4.69) is 80.1 Å². The molecule has 2 N–H and O–H groups in total. The first-order valence-corrected chi connectivity index (χ1v) is 10.5. The molecule has 1 aromatic heterocycles. The average Bonchev–Trinajstić information content (AvgIpc) is 3.27. The van der Waals surface area contributed by atoms with Crippen LogP contribution >= 0.6 is 0 Å². The van der Waals surface area contributed by atoms with Crippen LogP contribution in [0.1, 0.15) is 30.5 Å². The molecule has 0 atom stereocenters. The first kappa shape index (κ1) is 19.2. The van der Waals surface area contributed by atoms with E-state index < -0.39 is 0 Å². The van der Waals surface area contributed by atoms with Gasteiger partial charge in [-0.25, -0.2) is 4.98 Å². The maximum atomic E-state index is 4.63. The van der Waals surface area contributed by atoms with Crippen LogP contribution in [0.3, 0.4) is 0 Å². The number of rotatable bonds is 8. The lowest BCUT2D eigenvalue weighted by atomic mass is 10.1. The molecule has 150 valence electrons. The Kier molecular flexibility index (Phi) is 6.25. The van der Waals surface area contributed by atoms with Gasteiger partial charge in [-0.15, -0.1) is 0 Å². The van der Waals surface area contributed by atoms with Gasteiger partial charge in [0.1, 0.15) is 5.82 Å². The van der Waals surface area contributed by atoms with Crippen molar-refractivity contribution in [3.8, 4) is 0 Å². The smallest absolute Gasteiger partial charge is 0.229 e. The van der Waals surface area contributed by atoms with Crippen molar-refractivity contribution in [2.75, 3.05) is 35.2 Å². The van der Waals surface area contributed by atoms with Crippen LogP contribution < -0.4 is 15.5 Å². The monoisotopic (exact) mass is 387 g/mol. The summed E-state index contributed by atoms with van der Waals surface area (Å²) in [6, 6.07) is 21.1. The van der Waals surface area contributed by atoms with Gasteiger partial charge in [0.05, 0.1) is 0 Å². The summed E-state index contributed by atoms with van der Waals surface area (Å²) >= 11 is 0. The zero-order valence-corrected chi connectivity index (χ0v) is 17.1. The largest absolute Gasteiger partial charge is 0.372 e. The summed E-state index contributed by atoms with van der Waals surface area (Å²) in [5.74, 6) is 1.49. The molecule has 0 aliphatic carbocycles. The molecule has 1 saturated heterocycles. The highest BCUT2D eigenvalue weighted by atomic mass is 15.2. The van der Waals surface area contributed by atoms with E-state index in [0.29, 0.717) is 5.95 Å². The van der Waals surface area contributed by atoms with Crippen LogP contribution in [0, 0.1) is 6.92 Å². The van der Waals surface area contributed by atoms with E-state index in [4.69, 9.17) is 0 Å². The quantitative estimate of drug-likeness (QED) is 0.522. The highest BCUT2D eigenvalue weighted by molar-refractivity contribution is 5.60. The Morgan fingerprint density at radius 2 is 1.69 bits per heavy atom. The topological polar surface area (TPSA) is 53.1 Å². The van der Waals surface area contributed by atoms with Crippen molar-refractivity contribution in [1.82, 2.24) is 9.97 Å². The second kappa shape index (κ2) is 9.41. The first-order chi connectivity index (χ1) is 14.3. The molecule has 3 aromatic rings. The molecule has 4 rings (SSSR count). The van der Waals surface area contributed by atoms with E-state index in [9.17, 15) is 0 Å². The number of nitrogens with zero attached hydrogens (tertiary/aromatic N) is 3. The van der Waals surface area contributed by atoms with Crippen molar-refractivity contribution in [3.05, 3.63) is 71.9 Å². The first-order valence-electron chi connectivity index (χ1n) is 10.5. The maximum absolute atomic E-state index is 4.63. The van der Waals surface area contributed by atoms with Crippen molar-refractivity contribution in [2.24, 2.45) is 0 Å². The van der Waals surface area contributed by atoms with Gasteiger partial charge in [0, 0.05) is 42.8 Å². The van der Waals surface area contributed by atoms with Crippen molar-refractivity contribution >= 4 is 23.1 Å². The number of benzene rings is 2. The van der Waals surface area contributed by atoms with Gasteiger partial charge in [-0.05, 0) is 62.4 Å². The molecule has 29 heavy (non-hydrogen) atoms. The van der Waals surface area contributed by atoms with Gasteiger partial charge in [0.15, 0.2) is 0 Å². The van der Waals surface area contributed by atoms with Gasteiger partial charge in [-0.2, -0.15) is 4.98 Å². The lowest BCUT2D eigenvalue weighted by Crippen LogP contribution is -2.17. The molecule has 2 heterocycles. The number of hydrogen-bond donors (Lipinski definition) is 2. The van der Waals surface area contributed by atoms with Gasteiger partial charge < -0.3 is 15.5 Å². The molecule has 5 nitrogen and oxygen atoms in total.